The van der Waals surface area contributed by atoms with Gasteiger partial charge in [0.2, 0.25) is 0 Å². The minimum absolute atomic E-state index is 0.00690. The highest BCUT2D eigenvalue weighted by Gasteiger charge is 2.75. The van der Waals surface area contributed by atoms with Crippen molar-refractivity contribution in [3.8, 4) is 0 Å². The molecule has 0 aromatic heterocycles. The summed E-state index contributed by atoms with van der Waals surface area (Å²) in [5.74, 6) is 3.24. The molecule has 3 saturated carbocycles. The van der Waals surface area contributed by atoms with Crippen LogP contribution in [0.1, 0.15) is 57.9 Å². The molecule has 1 aromatic carbocycles. The Bertz CT molecular complexity index is 711. The number of carbonyl (C=O) groups is 1. The quantitative estimate of drug-likeness (QED) is 0.646. The Hall–Kier alpha value is -0.470. The number of hydrogen-bond donors (Lipinski definition) is 0. The van der Waals surface area contributed by atoms with Crippen LogP contribution in [-0.4, -0.2) is 16.3 Å². The topological polar surface area (TPSA) is 17.1 Å². The Morgan fingerprint density at radius 2 is 1.92 bits per heavy atom. The third-order valence-electron chi connectivity index (χ3n) is 8.33. The van der Waals surface area contributed by atoms with Gasteiger partial charge in [-0.05, 0) is 60.0 Å². The molecule has 4 aliphatic rings. The molecule has 1 heterocycles. The Morgan fingerprint density at radius 3 is 2.56 bits per heavy atom. The zero-order valence-electron chi connectivity index (χ0n) is 15.3. The van der Waals surface area contributed by atoms with Crippen LogP contribution in [0.25, 0.3) is 0 Å². The second-order valence-electron chi connectivity index (χ2n) is 9.41. The second-order valence-corrected chi connectivity index (χ2v) is 12.3. The molecular formula is C22H28ClOS+. The van der Waals surface area contributed by atoms with E-state index >= 15 is 0 Å². The molecule has 0 spiro atoms. The van der Waals surface area contributed by atoms with Gasteiger partial charge in [-0.3, -0.25) is 4.79 Å². The van der Waals surface area contributed by atoms with E-state index in [4.69, 9.17) is 11.6 Å². The number of ketones is 1. The van der Waals surface area contributed by atoms with Crippen LogP contribution in [0.2, 0.25) is 5.02 Å². The van der Waals surface area contributed by atoms with Crippen molar-refractivity contribution in [2.75, 3.05) is 0 Å². The predicted molar refractivity (Wildman–Crippen MR) is 106 cm³/mol. The van der Waals surface area contributed by atoms with E-state index in [2.05, 4.69) is 26.0 Å². The van der Waals surface area contributed by atoms with Crippen LogP contribution >= 0.6 is 11.6 Å². The minimum atomic E-state index is -0.00690. The maximum atomic E-state index is 13.3. The molecule has 6 atom stereocenters. The summed E-state index contributed by atoms with van der Waals surface area (Å²) < 4.78 is 0. The monoisotopic (exact) mass is 375 g/mol. The van der Waals surface area contributed by atoms with E-state index in [1.54, 1.807) is 0 Å². The van der Waals surface area contributed by atoms with E-state index in [0.29, 0.717) is 27.8 Å². The van der Waals surface area contributed by atoms with Gasteiger partial charge in [0, 0.05) is 29.3 Å². The predicted octanol–water partition coefficient (Wildman–Crippen LogP) is 5.40. The van der Waals surface area contributed by atoms with Crippen LogP contribution in [-0.2, 0) is 21.4 Å². The Morgan fingerprint density at radius 1 is 1.16 bits per heavy atom. The lowest BCUT2D eigenvalue weighted by atomic mass is 9.64. The van der Waals surface area contributed by atoms with Crippen molar-refractivity contribution in [3.63, 3.8) is 0 Å². The highest BCUT2D eigenvalue weighted by Crippen LogP contribution is 2.70. The average Bonchev–Trinajstić information content (AvgIpc) is 3.28. The van der Waals surface area contributed by atoms with Crippen molar-refractivity contribution in [2.45, 2.75) is 68.6 Å². The minimum Gasteiger partial charge on any atom is -0.299 e. The molecule has 4 bridgehead atoms. The first-order valence-electron chi connectivity index (χ1n) is 9.90. The molecule has 5 rings (SSSR count). The number of carbonyl (C=O) groups excluding carboxylic acids is 1. The molecule has 0 amide bonds. The van der Waals surface area contributed by atoms with Crippen molar-refractivity contribution in [3.05, 3.63) is 34.9 Å². The Balaban J connectivity index is 1.53. The van der Waals surface area contributed by atoms with Gasteiger partial charge in [-0.1, -0.05) is 37.6 Å². The lowest BCUT2D eigenvalue weighted by Crippen LogP contribution is -2.53. The molecule has 1 saturated heterocycles. The van der Waals surface area contributed by atoms with E-state index in [1.165, 1.54) is 43.4 Å². The van der Waals surface area contributed by atoms with Crippen molar-refractivity contribution >= 4 is 28.3 Å². The first-order chi connectivity index (χ1) is 11.9. The summed E-state index contributed by atoms with van der Waals surface area (Å²) in [7, 11) is 0.356. The van der Waals surface area contributed by atoms with Crippen LogP contribution in [0.4, 0.5) is 0 Å². The molecule has 25 heavy (non-hydrogen) atoms. The molecular weight excluding hydrogens is 348 g/mol. The van der Waals surface area contributed by atoms with Crippen LogP contribution in [0.3, 0.4) is 0 Å². The van der Waals surface area contributed by atoms with Gasteiger partial charge in [-0.15, -0.1) is 0 Å². The molecule has 134 valence electrons. The van der Waals surface area contributed by atoms with Gasteiger partial charge in [0.25, 0.3) is 0 Å². The number of rotatable bonds is 3. The van der Waals surface area contributed by atoms with Gasteiger partial charge in [-0.25, -0.2) is 0 Å². The zero-order chi connectivity index (χ0) is 17.4. The summed E-state index contributed by atoms with van der Waals surface area (Å²) >= 11 is 6.09. The van der Waals surface area contributed by atoms with Gasteiger partial charge in [0.1, 0.15) is 22.0 Å². The maximum Gasteiger partial charge on any atom is 0.144 e. The SMILES string of the molecule is CC1(C)[C@@H]2CC[C@@]1(C1C3CCC(C3)[S+]1Cc1ccc(Cl)cc1)C(=O)C2. The van der Waals surface area contributed by atoms with Crippen molar-refractivity contribution in [1.82, 2.24) is 0 Å². The van der Waals surface area contributed by atoms with Gasteiger partial charge in [0.15, 0.2) is 0 Å². The number of benzene rings is 1. The molecule has 3 aliphatic carbocycles. The number of halogens is 1. The normalized spacial score (nSPS) is 44.0. The fourth-order valence-corrected chi connectivity index (χ4v) is 11.3. The molecule has 1 nitrogen and oxygen atoms in total. The Labute approximate surface area is 159 Å². The van der Waals surface area contributed by atoms with Crippen LogP contribution in [0.15, 0.2) is 24.3 Å². The summed E-state index contributed by atoms with van der Waals surface area (Å²) in [6.45, 7) is 4.84. The lowest BCUT2D eigenvalue weighted by Gasteiger charge is -2.43. The summed E-state index contributed by atoms with van der Waals surface area (Å²) in [5, 5.41) is 2.33. The second kappa shape index (κ2) is 5.52. The van der Waals surface area contributed by atoms with Crippen LogP contribution in [0.5, 0.6) is 0 Å². The summed E-state index contributed by atoms with van der Waals surface area (Å²) in [6, 6.07) is 8.46. The highest BCUT2D eigenvalue weighted by molar-refractivity contribution is 7.97. The molecule has 0 N–H and O–H groups in total. The molecule has 1 aromatic rings. The molecule has 0 radical (unpaired) electrons. The van der Waals surface area contributed by atoms with E-state index in [-0.39, 0.29) is 10.8 Å². The van der Waals surface area contributed by atoms with Gasteiger partial charge >= 0.3 is 0 Å². The number of hydrogen-bond acceptors (Lipinski definition) is 1. The summed E-state index contributed by atoms with van der Waals surface area (Å²) in [6.07, 6.45) is 7.46. The van der Waals surface area contributed by atoms with E-state index in [1.807, 2.05) is 12.1 Å². The van der Waals surface area contributed by atoms with Gasteiger partial charge in [0.05, 0.1) is 5.41 Å². The molecule has 4 unspecified atom stereocenters. The van der Waals surface area contributed by atoms with Crippen LogP contribution in [0, 0.1) is 22.7 Å². The van der Waals surface area contributed by atoms with E-state index < -0.39 is 0 Å². The lowest BCUT2D eigenvalue weighted by molar-refractivity contribution is -0.130. The maximum absolute atomic E-state index is 13.3. The van der Waals surface area contributed by atoms with E-state index in [9.17, 15) is 4.79 Å². The number of fused-ring (bicyclic) bond motifs is 4. The largest absolute Gasteiger partial charge is 0.299 e. The van der Waals surface area contributed by atoms with Crippen LogP contribution < -0.4 is 0 Å². The van der Waals surface area contributed by atoms with Gasteiger partial charge in [-0.2, -0.15) is 0 Å². The first kappa shape index (κ1) is 16.7. The number of Topliss-reactive ketones (excluding diaryl/α,β-unsaturated/α-hetero) is 1. The van der Waals surface area contributed by atoms with Crippen molar-refractivity contribution < 1.29 is 4.79 Å². The standard InChI is InChI=1S/C22H28ClOS/c1-21(2)16-9-10-22(21,19(24)12-16)20-15-5-8-18(11-15)25(20)13-14-3-6-17(23)7-4-14/h3-4,6-7,15-16,18,20H,5,8-13H2,1-2H3/q+1/t15?,16-,18?,20?,22+,25?/m1/s1. The smallest absolute Gasteiger partial charge is 0.144 e. The first-order valence-corrected chi connectivity index (χ1v) is 11.8. The fraction of sp³-hybridized carbons (Fsp3) is 0.682. The zero-order valence-corrected chi connectivity index (χ0v) is 16.8. The fourth-order valence-electron chi connectivity index (χ4n) is 7.00. The average molecular weight is 376 g/mol. The molecule has 1 aliphatic heterocycles. The third kappa shape index (κ3) is 2.13. The van der Waals surface area contributed by atoms with Crippen molar-refractivity contribution in [1.29, 1.82) is 0 Å². The summed E-state index contributed by atoms with van der Waals surface area (Å²) in [5.41, 5.74) is 1.62. The van der Waals surface area contributed by atoms with E-state index in [0.717, 1.165) is 22.6 Å². The van der Waals surface area contributed by atoms with Crippen molar-refractivity contribution in [2.24, 2.45) is 22.7 Å². The summed E-state index contributed by atoms with van der Waals surface area (Å²) in [4.78, 5) is 13.3. The van der Waals surface area contributed by atoms with Gasteiger partial charge < -0.3 is 0 Å². The third-order valence-corrected chi connectivity index (χ3v) is 12.0. The molecule has 4 fully saturated rings. The molecule has 3 heteroatoms. The Kier molecular flexibility index (Phi) is 3.68. The highest BCUT2D eigenvalue weighted by atomic mass is 35.5.